The van der Waals surface area contributed by atoms with Crippen LogP contribution in [0.4, 0.5) is 0 Å². The Balaban J connectivity index is 2.51. The van der Waals surface area contributed by atoms with Crippen molar-refractivity contribution in [3.8, 4) is 5.88 Å². The first-order valence-electron chi connectivity index (χ1n) is 9.10. The molecule has 0 N–H and O–H groups in total. The van der Waals surface area contributed by atoms with Gasteiger partial charge in [0.1, 0.15) is 5.56 Å². The first-order chi connectivity index (χ1) is 13.4. The van der Waals surface area contributed by atoms with Crippen LogP contribution in [0.5, 0.6) is 5.88 Å². The molecule has 1 aromatic carbocycles. The molecule has 0 aliphatic rings. The molecular formula is C20H26N2O6S. The fourth-order valence-corrected chi connectivity index (χ4v) is 4.56. The van der Waals surface area contributed by atoms with Gasteiger partial charge in [0.25, 0.3) is 0 Å². The van der Waals surface area contributed by atoms with Crippen LogP contribution in [0.3, 0.4) is 0 Å². The van der Waals surface area contributed by atoms with E-state index < -0.39 is 21.9 Å². The van der Waals surface area contributed by atoms with Gasteiger partial charge in [0.05, 0.1) is 17.7 Å². The third-order valence-electron chi connectivity index (χ3n) is 4.68. The van der Waals surface area contributed by atoms with E-state index in [1.807, 2.05) is 0 Å². The molecule has 0 fully saturated rings. The Morgan fingerprint density at radius 3 is 2.34 bits per heavy atom. The van der Waals surface area contributed by atoms with E-state index in [2.05, 4.69) is 5.10 Å². The molecule has 9 heteroatoms. The van der Waals surface area contributed by atoms with Crippen LogP contribution in [0.25, 0.3) is 0 Å². The van der Waals surface area contributed by atoms with E-state index in [0.29, 0.717) is 22.3 Å². The molecule has 0 radical (unpaired) electrons. The summed E-state index contributed by atoms with van der Waals surface area (Å²) in [4.78, 5) is 25.4. The Hall–Kier alpha value is -2.68. The lowest BCUT2D eigenvalue weighted by atomic mass is 9.95. The Morgan fingerprint density at radius 2 is 1.79 bits per heavy atom. The van der Waals surface area contributed by atoms with Crippen molar-refractivity contribution < 1.29 is 27.5 Å². The molecular weight excluding hydrogens is 396 g/mol. The van der Waals surface area contributed by atoms with Gasteiger partial charge in [-0.1, -0.05) is 0 Å². The summed E-state index contributed by atoms with van der Waals surface area (Å²) in [5.41, 5.74) is 2.12. The second-order valence-corrected chi connectivity index (χ2v) is 8.87. The van der Waals surface area contributed by atoms with Crippen molar-refractivity contribution in [1.82, 2.24) is 9.78 Å². The Kier molecular flexibility index (Phi) is 6.52. The van der Waals surface area contributed by atoms with Crippen LogP contribution in [0.15, 0.2) is 17.2 Å². The number of hydrogen-bond donors (Lipinski definition) is 0. The summed E-state index contributed by atoms with van der Waals surface area (Å²) in [5, 5.41) is 4.08. The number of sulfone groups is 1. The molecule has 0 aliphatic carbocycles. The highest BCUT2D eigenvalue weighted by molar-refractivity contribution is 7.90. The molecule has 1 atom stereocenters. The number of carbonyl (C=O) groups is 2. The molecule has 2 aromatic rings. The van der Waals surface area contributed by atoms with Gasteiger partial charge in [-0.2, -0.15) is 5.10 Å². The first-order valence-corrected chi connectivity index (χ1v) is 11.0. The minimum atomic E-state index is -3.43. The number of hydrogen-bond acceptors (Lipinski definition) is 7. The molecule has 29 heavy (non-hydrogen) atoms. The highest BCUT2D eigenvalue weighted by Gasteiger charge is 2.27. The van der Waals surface area contributed by atoms with Gasteiger partial charge in [-0.15, -0.1) is 0 Å². The summed E-state index contributed by atoms with van der Waals surface area (Å²) in [7, 11) is -1.84. The number of aromatic nitrogens is 2. The molecule has 0 saturated heterocycles. The summed E-state index contributed by atoms with van der Waals surface area (Å²) in [6.45, 7) is 8.47. The number of benzene rings is 1. The van der Waals surface area contributed by atoms with E-state index in [9.17, 15) is 18.0 Å². The Bertz CT molecular complexity index is 1070. The second kappa shape index (κ2) is 8.36. The number of ether oxygens (including phenoxy) is 2. The molecule has 0 amide bonds. The quantitative estimate of drug-likeness (QED) is 0.498. The normalized spacial score (nSPS) is 12.5. The third-order valence-corrected chi connectivity index (χ3v) is 6.05. The van der Waals surface area contributed by atoms with Gasteiger partial charge in [0.15, 0.2) is 21.7 Å². The molecule has 0 spiro atoms. The maximum Gasteiger partial charge on any atom is 0.347 e. The van der Waals surface area contributed by atoms with Crippen LogP contribution in [-0.2, 0) is 26.4 Å². The molecule has 2 rings (SSSR count). The largest absolute Gasteiger partial charge is 0.463 e. The lowest BCUT2D eigenvalue weighted by Crippen LogP contribution is -2.27. The van der Waals surface area contributed by atoms with E-state index in [0.717, 1.165) is 6.26 Å². The van der Waals surface area contributed by atoms with Gasteiger partial charge >= 0.3 is 5.97 Å². The molecule has 0 saturated carbocycles. The van der Waals surface area contributed by atoms with E-state index in [1.54, 1.807) is 40.8 Å². The van der Waals surface area contributed by atoms with Gasteiger partial charge in [-0.3, -0.25) is 4.79 Å². The van der Waals surface area contributed by atoms with Crippen LogP contribution in [0.1, 0.15) is 46.5 Å². The monoisotopic (exact) mass is 422 g/mol. The Labute approximate surface area is 170 Å². The van der Waals surface area contributed by atoms with Gasteiger partial charge in [-0.05, 0) is 57.4 Å². The summed E-state index contributed by atoms with van der Waals surface area (Å²) >= 11 is 0. The average Bonchev–Trinajstić information content (AvgIpc) is 2.97. The maximum absolute atomic E-state index is 13.2. The zero-order valence-electron chi connectivity index (χ0n) is 17.7. The van der Waals surface area contributed by atoms with E-state index in [-0.39, 0.29) is 28.7 Å². The molecule has 1 heterocycles. The van der Waals surface area contributed by atoms with Crippen LogP contribution in [0.2, 0.25) is 0 Å². The van der Waals surface area contributed by atoms with Crippen LogP contribution in [-0.4, -0.2) is 48.9 Å². The van der Waals surface area contributed by atoms with Gasteiger partial charge < -0.3 is 9.47 Å². The van der Waals surface area contributed by atoms with Crippen molar-refractivity contribution in [3.63, 3.8) is 0 Å². The van der Waals surface area contributed by atoms with E-state index in [1.165, 1.54) is 17.8 Å². The van der Waals surface area contributed by atoms with Crippen LogP contribution in [0, 0.1) is 20.8 Å². The molecule has 1 unspecified atom stereocenters. The topological polar surface area (TPSA) is 105 Å². The van der Waals surface area contributed by atoms with Crippen molar-refractivity contribution in [1.29, 1.82) is 0 Å². The van der Waals surface area contributed by atoms with Crippen molar-refractivity contribution in [2.45, 2.75) is 45.6 Å². The first kappa shape index (κ1) is 22.6. The van der Waals surface area contributed by atoms with Crippen molar-refractivity contribution in [2.24, 2.45) is 7.05 Å². The van der Waals surface area contributed by atoms with Crippen molar-refractivity contribution >= 4 is 21.6 Å². The van der Waals surface area contributed by atoms with E-state index >= 15 is 0 Å². The zero-order chi connectivity index (χ0) is 22.1. The molecule has 0 bridgehead atoms. The van der Waals surface area contributed by atoms with E-state index in [4.69, 9.17) is 9.47 Å². The number of carbonyl (C=O) groups excluding carboxylic acids is 2. The smallest absolute Gasteiger partial charge is 0.347 e. The molecule has 1 aromatic heterocycles. The third kappa shape index (κ3) is 4.50. The van der Waals surface area contributed by atoms with Crippen LogP contribution < -0.4 is 4.74 Å². The average molecular weight is 423 g/mol. The second-order valence-electron chi connectivity index (χ2n) is 6.92. The maximum atomic E-state index is 13.2. The number of rotatable bonds is 7. The molecule has 0 aliphatic heterocycles. The highest BCUT2D eigenvalue weighted by Crippen LogP contribution is 2.30. The molecule has 8 nitrogen and oxygen atoms in total. The minimum absolute atomic E-state index is 0.137. The van der Waals surface area contributed by atoms with Crippen LogP contribution >= 0.6 is 0 Å². The number of aryl methyl sites for hydroxylation is 2. The SMILES string of the molecule is CCOC(=O)C(C)Oc1c(C(=O)c2cc(C)c(S(C)(=O)=O)c(C)c2C)cnn1C. The summed E-state index contributed by atoms with van der Waals surface area (Å²) in [6.07, 6.45) is 1.59. The number of nitrogens with zero attached hydrogens (tertiary/aromatic N) is 2. The fraction of sp³-hybridized carbons (Fsp3) is 0.450. The van der Waals surface area contributed by atoms with Crippen molar-refractivity contribution in [3.05, 3.63) is 40.1 Å². The minimum Gasteiger partial charge on any atom is -0.463 e. The lowest BCUT2D eigenvalue weighted by molar-refractivity contribution is -0.150. The van der Waals surface area contributed by atoms with Gasteiger partial charge in [0, 0.05) is 18.9 Å². The predicted octanol–water partition coefficient (Wildman–Crippen LogP) is 2.31. The Morgan fingerprint density at radius 1 is 1.17 bits per heavy atom. The highest BCUT2D eigenvalue weighted by atomic mass is 32.2. The van der Waals surface area contributed by atoms with Gasteiger partial charge in [0.2, 0.25) is 5.88 Å². The standard InChI is InChI=1S/C20H26N2O6S/c1-8-27-20(24)14(5)28-19-16(10-21-22(19)6)17(23)15-9-11(2)18(29(7,25)26)13(4)12(15)3/h9-10,14H,8H2,1-7H3. The summed E-state index contributed by atoms with van der Waals surface area (Å²) in [6, 6.07) is 1.56. The summed E-state index contributed by atoms with van der Waals surface area (Å²) in [5.74, 6) is -0.780. The zero-order valence-corrected chi connectivity index (χ0v) is 18.5. The van der Waals surface area contributed by atoms with Crippen molar-refractivity contribution in [2.75, 3.05) is 12.9 Å². The number of esters is 1. The molecule has 158 valence electrons. The predicted molar refractivity (Wildman–Crippen MR) is 107 cm³/mol. The summed E-state index contributed by atoms with van der Waals surface area (Å²) < 4.78 is 36.2. The fourth-order valence-electron chi connectivity index (χ4n) is 3.21. The van der Waals surface area contributed by atoms with Gasteiger partial charge in [-0.25, -0.2) is 17.9 Å². The number of ketones is 1. The lowest BCUT2D eigenvalue weighted by Gasteiger charge is -2.16.